The number of esters is 1. The molecule has 35 heavy (non-hydrogen) atoms. The lowest BCUT2D eigenvalue weighted by atomic mass is 10.2. The minimum absolute atomic E-state index is 0.0580. The van der Waals surface area contributed by atoms with Crippen LogP contribution in [0.15, 0.2) is 47.4 Å². The van der Waals surface area contributed by atoms with Gasteiger partial charge in [0, 0.05) is 31.2 Å². The lowest BCUT2D eigenvalue weighted by molar-refractivity contribution is -0.119. The number of hydrogen-bond acceptors (Lipinski definition) is 8. The van der Waals surface area contributed by atoms with E-state index >= 15 is 0 Å². The first-order chi connectivity index (χ1) is 16.8. The van der Waals surface area contributed by atoms with Crippen molar-refractivity contribution >= 4 is 44.9 Å². The fourth-order valence-corrected chi connectivity index (χ4v) is 5.43. The van der Waals surface area contributed by atoms with Crippen LogP contribution < -0.4 is 10.2 Å². The molecule has 0 atom stereocenters. The van der Waals surface area contributed by atoms with E-state index in [1.54, 1.807) is 18.2 Å². The summed E-state index contributed by atoms with van der Waals surface area (Å²) in [4.78, 5) is 27.0. The van der Waals surface area contributed by atoms with Crippen molar-refractivity contribution in [2.45, 2.75) is 4.90 Å². The Kier molecular flexibility index (Phi) is 8.24. The van der Waals surface area contributed by atoms with Crippen molar-refractivity contribution in [3.8, 4) is 0 Å². The molecule has 2 saturated heterocycles. The molecule has 0 radical (unpaired) electrons. The van der Waals surface area contributed by atoms with Crippen molar-refractivity contribution in [1.29, 1.82) is 0 Å². The molecule has 2 fully saturated rings. The lowest BCUT2D eigenvalue weighted by Crippen LogP contribution is -2.40. The van der Waals surface area contributed by atoms with Crippen LogP contribution in [0.25, 0.3) is 0 Å². The van der Waals surface area contributed by atoms with Gasteiger partial charge in [0.1, 0.15) is 0 Å². The second-order valence-electron chi connectivity index (χ2n) is 7.93. The third-order valence-electron chi connectivity index (χ3n) is 5.60. The van der Waals surface area contributed by atoms with Crippen LogP contribution in [0.5, 0.6) is 0 Å². The highest BCUT2D eigenvalue weighted by Crippen LogP contribution is 2.31. The summed E-state index contributed by atoms with van der Waals surface area (Å²) in [5.74, 6) is -1.30. The molecule has 2 heterocycles. The summed E-state index contributed by atoms with van der Waals surface area (Å²) in [5, 5.41) is 3.08. The van der Waals surface area contributed by atoms with E-state index in [4.69, 9.17) is 25.8 Å². The Morgan fingerprint density at radius 3 is 2.34 bits per heavy atom. The Bertz CT molecular complexity index is 1180. The van der Waals surface area contributed by atoms with E-state index in [0.29, 0.717) is 55.9 Å². The van der Waals surface area contributed by atoms with Crippen LogP contribution in [0, 0.1) is 0 Å². The van der Waals surface area contributed by atoms with E-state index < -0.39 is 28.5 Å². The number of anilines is 2. The van der Waals surface area contributed by atoms with Crippen molar-refractivity contribution in [2.75, 3.05) is 69.4 Å². The number of rotatable bonds is 7. The monoisotopic (exact) mass is 523 g/mol. The molecule has 0 aliphatic carbocycles. The summed E-state index contributed by atoms with van der Waals surface area (Å²) in [6.45, 7) is 2.82. The second kappa shape index (κ2) is 11.4. The van der Waals surface area contributed by atoms with Gasteiger partial charge in [0.05, 0.1) is 48.3 Å². The molecule has 2 aliphatic heterocycles. The molecule has 1 N–H and O–H groups in total. The first-order valence-corrected chi connectivity index (χ1v) is 12.9. The Morgan fingerprint density at radius 1 is 0.971 bits per heavy atom. The molecule has 0 saturated carbocycles. The zero-order valence-corrected chi connectivity index (χ0v) is 20.5. The van der Waals surface area contributed by atoms with Crippen molar-refractivity contribution in [3.05, 3.63) is 53.1 Å². The molecule has 2 aliphatic rings. The smallest absolute Gasteiger partial charge is 0.338 e. The average molecular weight is 524 g/mol. The number of carbonyl (C=O) groups excluding carboxylic acids is 2. The van der Waals surface area contributed by atoms with E-state index in [9.17, 15) is 18.0 Å². The first kappa shape index (κ1) is 25.4. The van der Waals surface area contributed by atoms with Crippen LogP contribution in [0.3, 0.4) is 0 Å². The summed E-state index contributed by atoms with van der Waals surface area (Å²) in [6.07, 6.45) is 0. The van der Waals surface area contributed by atoms with Gasteiger partial charge in [0.25, 0.3) is 5.91 Å². The van der Waals surface area contributed by atoms with E-state index in [-0.39, 0.29) is 23.5 Å². The van der Waals surface area contributed by atoms with Gasteiger partial charge >= 0.3 is 5.97 Å². The first-order valence-electron chi connectivity index (χ1n) is 11.1. The summed E-state index contributed by atoms with van der Waals surface area (Å²) in [7, 11) is -3.77. The molecule has 0 spiro atoms. The van der Waals surface area contributed by atoms with Crippen LogP contribution in [0.1, 0.15) is 10.4 Å². The molecule has 188 valence electrons. The number of carbonyl (C=O) groups is 2. The highest BCUT2D eigenvalue weighted by Gasteiger charge is 2.28. The van der Waals surface area contributed by atoms with E-state index in [1.165, 1.54) is 28.6 Å². The van der Waals surface area contributed by atoms with E-state index in [0.717, 1.165) is 0 Å². The third-order valence-corrected chi connectivity index (χ3v) is 7.73. The number of sulfonamides is 1. The van der Waals surface area contributed by atoms with Gasteiger partial charge in [-0.3, -0.25) is 4.79 Å². The van der Waals surface area contributed by atoms with Gasteiger partial charge in [-0.1, -0.05) is 17.7 Å². The maximum absolute atomic E-state index is 13.2. The number of nitrogens with zero attached hydrogens (tertiary/aromatic N) is 2. The predicted octanol–water partition coefficient (Wildman–Crippen LogP) is 1.99. The number of morpholine rings is 2. The van der Waals surface area contributed by atoms with Gasteiger partial charge < -0.3 is 24.4 Å². The van der Waals surface area contributed by atoms with Crippen LogP contribution in [-0.2, 0) is 29.0 Å². The zero-order valence-electron chi connectivity index (χ0n) is 18.9. The average Bonchev–Trinajstić information content (AvgIpc) is 2.88. The van der Waals surface area contributed by atoms with Gasteiger partial charge in [-0.05, 0) is 36.4 Å². The zero-order chi connectivity index (χ0) is 24.8. The quantitative estimate of drug-likeness (QED) is 0.548. The van der Waals surface area contributed by atoms with Gasteiger partial charge in [0.2, 0.25) is 10.0 Å². The van der Waals surface area contributed by atoms with E-state index in [2.05, 4.69) is 5.32 Å². The van der Waals surface area contributed by atoms with Crippen molar-refractivity contribution in [2.24, 2.45) is 0 Å². The Labute approximate surface area is 208 Å². The molecule has 1 amide bonds. The normalized spacial score (nSPS) is 17.1. The molecule has 10 nitrogen and oxygen atoms in total. The van der Waals surface area contributed by atoms with Gasteiger partial charge in [-0.2, -0.15) is 4.31 Å². The van der Waals surface area contributed by atoms with E-state index in [1.807, 2.05) is 4.90 Å². The number of benzene rings is 2. The van der Waals surface area contributed by atoms with Crippen LogP contribution in [0.4, 0.5) is 11.4 Å². The number of halogens is 1. The van der Waals surface area contributed by atoms with Crippen LogP contribution in [0.2, 0.25) is 5.02 Å². The minimum Gasteiger partial charge on any atom is -0.452 e. The fraction of sp³-hybridized carbons (Fsp3) is 0.391. The highest BCUT2D eigenvalue weighted by molar-refractivity contribution is 7.89. The van der Waals surface area contributed by atoms with Crippen molar-refractivity contribution in [1.82, 2.24) is 4.31 Å². The molecule has 0 bridgehead atoms. The molecule has 12 heteroatoms. The maximum atomic E-state index is 13.2. The SMILES string of the molecule is O=C(COC(=O)c1cccc(Cl)c1)Nc1cc(S(=O)(=O)N2CCOCC2)ccc1N1CCOCC1. The van der Waals surface area contributed by atoms with Gasteiger partial charge in [-0.25, -0.2) is 13.2 Å². The van der Waals surface area contributed by atoms with Crippen LogP contribution in [-0.4, -0.2) is 83.8 Å². The molecule has 2 aromatic carbocycles. The number of hydrogen-bond donors (Lipinski definition) is 1. The fourth-order valence-electron chi connectivity index (χ4n) is 3.81. The van der Waals surface area contributed by atoms with Gasteiger partial charge in [-0.15, -0.1) is 0 Å². The molecule has 0 aromatic heterocycles. The van der Waals surface area contributed by atoms with Crippen molar-refractivity contribution < 1.29 is 32.2 Å². The van der Waals surface area contributed by atoms with Crippen LogP contribution >= 0.6 is 11.6 Å². The molecule has 4 rings (SSSR count). The number of nitrogens with one attached hydrogen (secondary N) is 1. The van der Waals surface area contributed by atoms with Crippen molar-refractivity contribution in [3.63, 3.8) is 0 Å². The van der Waals surface area contributed by atoms with Gasteiger partial charge in [0.15, 0.2) is 6.61 Å². The predicted molar refractivity (Wildman–Crippen MR) is 129 cm³/mol. The Morgan fingerprint density at radius 2 is 1.66 bits per heavy atom. The standard InChI is InChI=1S/C23H26ClN3O7S/c24-18-3-1-2-17(14-18)23(29)34-16-22(28)25-20-15-19(35(30,31)27-8-12-33-13-9-27)4-5-21(20)26-6-10-32-11-7-26/h1-5,14-15H,6-13,16H2,(H,25,28). The second-order valence-corrected chi connectivity index (χ2v) is 10.3. The molecule has 2 aromatic rings. The molecular weight excluding hydrogens is 498 g/mol. The Hall–Kier alpha value is -2.70. The summed E-state index contributed by atoms with van der Waals surface area (Å²) >= 11 is 5.90. The largest absolute Gasteiger partial charge is 0.452 e. The molecule has 0 unspecified atom stereocenters. The summed E-state index contributed by atoms with van der Waals surface area (Å²) < 4.78 is 43.4. The lowest BCUT2D eigenvalue weighted by Gasteiger charge is -2.31. The topological polar surface area (TPSA) is 114 Å². The minimum atomic E-state index is -3.77. The highest BCUT2D eigenvalue weighted by atomic mass is 35.5. The summed E-state index contributed by atoms with van der Waals surface area (Å²) in [5.41, 5.74) is 1.19. The summed E-state index contributed by atoms with van der Waals surface area (Å²) in [6, 6.07) is 10.8. The Balaban J connectivity index is 1.53. The number of ether oxygens (including phenoxy) is 3. The maximum Gasteiger partial charge on any atom is 0.338 e. The third kappa shape index (κ3) is 6.30. The number of amides is 1. The molecular formula is C23H26ClN3O7S.